The number of amides is 3. The number of hydrogen-bond acceptors (Lipinski definition) is 4. The Morgan fingerprint density at radius 1 is 1.22 bits per heavy atom. The zero-order valence-electron chi connectivity index (χ0n) is 9.82. The van der Waals surface area contributed by atoms with Crippen LogP contribution in [-0.4, -0.2) is 32.7 Å². The van der Waals surface area contributed by atoms with Gasteiger partial charge < -0.3 is 14.8 Å². The summed E-state index contributed by atoms with van der Waals surface area (Å²) in [5.41, 5.74) is 0.304. The highest BCUT2D eigenvalue weighted by molar-refractivity contribution is 6.32. The second-order valence-electron chi connectivity index (χ2n) is 3.55. The fraction of sp³-hybridized carbons (Fsp3) is 0.273. The first kappa shape index (κ1) is 12.5. The molecule has 0 atom stereocenters. The molecule has 0 saturated carbocycles. The minimum absolute atomic E-state index is 0.0348. The number of nitrogens with one attached hydrogen (secondary N) is 1. The van der Waals surface area contributed by atoms with E-state index in [1.165, 1.54) is 26.4 Å². The van der Waals surface area contributed by atoms with Crippen LogP contribution < -0.4 is 19.7 Å². The van der Waals surface area contributed by atoms with Gasteiger partial charge in [-0.25, -0.2) is 9.69 Å². The Morgan fingerprint density at radius 3 is 2.39 bits per heavy atom. The van der Waals surface area contributed by atoms with Crippen LogP contribution >= 0.6 is 11.6 Å². The zero-order chi connectivity index (χ0) is 13.3. The molecular formula is C11H11ClN2O4. The second-order valence-corrected chi connectivity index (χ2v) is 3.95. The van der Waals surface area contributed by atoms with Gasteiger partial charge >= 0.3 is 6.03 Å². The molecule has 7 heteroatoms. The lowest BCUT2D eigenvalue weighted by Crippen LogP contribution is -2.31. The molecule has 1 aliphatic heterocycles. The monoisotopic (exact) mass is 270 g/mol. The van der Waals surface area contributed by atoms with Gasteiger partial charge in [0.25, 0.3) is 5.91 Å². The van der Waals surface area contributed by atoms with E-state index in [9.17, 15) is 9.59 Å². The van der Waals surface area contributed by atoms with Crippen molar-refractivity contribution >= 4 is 29.2 Å². The number of urea groups is 1. The van der Waals surface area contributed by atoms with Crippen molar-refractivity contribution in [3.63, 3.8) is 0 Å². The lowest BCUT2D eigenvalue weighted by atomic mass is 10.2. The van der Waals surface area contributed by atoms with Crippen LogP contribution in [0.3, 0.4) is 0 Å². The van der Waals surface area contributed by atoms with E-state index in [1.54, 1.807) is 0 Å². The molecule has 3 amide bonds. The first-order valence-electron chi connectivity index (χ1n) is 5.10. The van der Waals surface area contributed by atoms with Gasteiger partial charge in [0.05, 0.1) is 31.5 Å². The highest BCUT2D eigenvalue weighted by atomic mass is 35.5. The van der Waals surface area contributed by atoms with Crippen LogP contribution in [0.25, 0.3) is 0 Å². The zero-order valence-corrected chi connectivity index (χ0v) is 10.6. The average Bonchev–Trinajstić information content (AvgIpc) is 2.69. The first-order valence-corrected chi connectivity index (χ1v) is 5.48. The standard InChI is InChI=1S/C11H11ClN2O4/c1-17-8-4-7(9(18-2)3-6(8)12)14-10(15)5-13-11(14)16/h3-4H,5H2,1-2H3,(H,13,16). The molecule has 0 aromatic heterocycles. The van der Waals surface area contributed by atoms with E-state index in [-0.39, 0.29) is 12.5 Å². The van der Waals surface area contributed by atoms with E-state index in [0.29, 0.717) is 22.2 Å². The third-order valence-electron chi connectivity index (χ3n) is 2.54. The number of imide groups is 1. The summed E-state index contributed by atoms with van der Waals surface area (Å²) in [4.78, 5) is 24.3. The molecule has 1 saturated heterocycles. The molecule has 0 radical (unpaired) electrons. The quantitative estimate of drug-likeness (QED) is 0.844. The lowest BCUT2D eigenvalue weighted by molar-refractivity contribution is -0.115. The van der Waals surface area contributed by atoms with Crippen LogP contribution in [0.2, 0.25) is 5.02 Å². The molecular weight excluding hydrogens is 260 g/mol. The Balaban J connectivity index is 2.54. The SMILES string of the molecule is COc1cc(N2C(=O)CNC2=O)c(OC)cc1Cl. The molecule has 0 unspecified atom stereocenters. The van der Waals surface area contributed by atoms with Gasteiger partial charge in [0.15, 0.2) is 0 Å². The molecule has 1 aromatic carbocycles. The summed E-state index contributed by atoms with van der Waals surface area (Å²) in [6.45, 7) is -0.0348. The molecule has 0 bridgehead atoms. The summed E-state index contributed by atoms with van der Waals surface area (Å²) in [5.74, 6) is 0.328. The maximum Gasteiger partial charge on any atom is 0.329 e. The van der Waals surface area contributed by atoms with Gasteiger partial charge in [-0.2, -0.15) is 0 Å². The van der Waals surface area contributed by atoms with Crippen LogP contribution in [0.5, 0.6) is 11.5 Å². The van der Waals surface area contributed by atoms with Crippen LogP contribution in [0, 0.1) is 0 Å². The first-order chi connectivity index (χ1) is 8.58. The van der Waals surface area contributed by atoms with Crippen molar-refractivity contribution in [3.8, 4) is 11.5 Å². The van der Waals surface area contributed by atoms with E-state index < -0.39 is 6.03 Å². The number of methoxy groups -OCH3 is 2. The number of benzene rings is 1. The minimum Gasteiger partial charge on any atom is -0.495 e. The molecule has 1 aliphatic rings. The van der Waals surface area contributed by atoms with Crippen molar-refractivity contribution < 1.29 is 19.1 Å². The fourth-order valence-electron chi connectivity index (χ4n) is 1.69. The van der Waals surface area contributed by atoms with Gasteiger partial charge in [0.1, 0.15) is 11.5 Å². The van der Waals surface area contributed by atoms with Gasteiger partial charge in [-0.15, -0.1) is 0 Å². The Bertz CT molecular complexity index is 502. The predicted octanol–water partition coefficient (Wildman–Crippen LogP) is 1.41. The normalized spacial score (nSPS) is 14.7. The summed E-state index contributed by atoms with van der Waals surface area (Å²) >= 11 is 5.95. The second kappa shape index (κ2) is 4.73. The van der Waals surface area contributed by atoms with E-state index in [4.69, 9.17) is 21.1 Å². The Hall–Kier alpha value is -1.95. The van der Waals surface area contributed by atoms with Gasteiger partial charge in [0.2, 0.25) is 0 Å². The largest absolute Gasteiger partial charge is 0.495 e. The molecule has 1 heterocycles. The van der Waals surface area contributed by atoms with Crippen molar-refractivity contribution in [2.45, 2.75) is 0 Å². The van der Waals surface area contributed by atoms with Crippen LogP contribution in [0.15, 0.2) is 12.1 Å². The highest BCUT2D eigenvalue weighted by Gasteiger charge is 2.32. The van der Waals surface area contributed by atoms with Crippen molar-refractivity contribution in [3.05, 3.63) is 17.2 Å². The molecule has 6 nitrogen and oxygen atoms in total. The van der Waals surface area contributed by atoms with E-state index in [0.717, 1.165) is 4.90 Å². The van der Waals surface area contributed by atoms with Gasteiger partial charge in [-0.3, -0.25) is 4.79 Å². The van der Waals surface area contributed by atoms with Crippen molar-refractivity contribution in [1.82, 2.24) is 5.32 Å². The van der Waals surface area contributed by atoms with Crippen LogP contribution in [0.4, 0.5) is 10.5 Å². The third-order valence-corrected chi connectivity index (χ3v) is 2.83. The van der Waals surface area contributed by atoms with Gasteiger partial charge in [-0.05, 0) is 0 Å². The number of hydrogen-bond donors (Lipinski definition) is 1. The summed E-state index contributed by atoms with van der Waals surface area (Å²) in [7, 11) is 2.88. The Kier molecular flexibility index (Phi) is 3.29. The predicted molar refractivity (Wildman–Crippen MR) is 65.4 cm³/mol. The number of halogens is 1. The maximum atomic E-state index is 11.7. The number of carbonyl (C=O) groups is 2. The van der Waals surface area contributed by atoms with Gasteiger partial charge in [0, 0.05) is 12.1 Å². The highest BCUT2D eigenvalue weighted by Crippen LogP contribution is 2.38. The Morgan fingerprint density at radius 2 is 1.89 bits per heavy atom. The third kappa shape index (κ3) is 1.95. The molecule has 96 valence electrons. The molecule has 0 aliphatic carbocycles. The smallest absolute Gasteiger partial charge is 0.329 e. The minimum atomic E-state index is -0.498. The van der Waals surface area contributed by atoms with E-state index >= 15 is 0 Å². The van der Waals surface area contributed by atoms with Gasteiger partial charge in [-0.1, -0.05) is 11.6 Å². The summed E-state index contributed by atoms with van der Waals surface area (Å²) < 4.78 is 10.2. The number of rotatable bonds is 3. The summed E-state index contributed by atoms with van der Waals surface area (Å²) in [6.07, 6.45) is 0. The molecule has 18 heavy (non-hydrogen) atoms. The van der Waals surface area contributed by atoms with E-state index in [1.807, 2.05) is 0 Å². The van der Waals surface area contributed by atoms with Crippen molar-refractivity contribution in [2.75, 3.05) is 25.7 Å². The summed E-state index contributed by atoms with van der Waals surface area (Å²) in [5, 5.41) is 2.77. The van der Waals surface area contributed by atoms with Crippen molar-refractivity contribution in [1.29, 1.82) is 0 Å². The number of ether oxygens (including phenoxy) is 2. The fourth-order valence-corrected chi connectivity index (χ4v) is 1.92. The number of anilines is 1. The summed E-state index contributed by atoms with van der Waals surface area (Å²) in [6, 6.07) is 2.49. The molecule has 0 spiro atoms. The van der Waals surface area contributed by atoms with E-state index in [2.05, 4.69) is 5.32 Å². The number of carbonyl (C=O) groups excluding carboxylic acids is 2. The number of nitrogens with zero attached hydrogens (tertiary/aromatic N) is 1. The van der Waals surface area contributed by atoms with Crippen molar-refractivity contribution in [2.24, 2.45) is 0 Å². The molecule has 1 fully saturated rings. The van der Waals surface area contributed by atoms with Crippen LogP contribution in [-0.2, 0) is 4.79 Å². The lowest BCUT2D eigenvalue weighted by Gasteiger charge is -2.17. The molecule has 2 rings (SSSR count). The topological polar surface area (TPSA) is 67.9 Å². The Labute approximate surface area is 108 Å². The van der Waals surface area contributed by atoms with Crippen LogP contribution in [0.1, 0.15) is 0 Å². The average molecular weight is 271 g/mol. The maximum absolute atomic E-state index is 11.7. The molecule has 1 aromatic rings. The molecule has 1 N–H and O–H groups in total.